The first kappa shape index (κ1) is 25.7. The van der Waals surface area contributed by atoms with Crippen LogP contribution in [-0.4, -0.2) is 56.8 Å². The number of carbonyl (C=O) groups is 4. The molecule has 7 nitrogen and oxygen atoms in total. The molecular weight excluding hydrogens is 639 g/mol. The minimum absolute atomic E-state index is 0.0249. The van der Waals surface area contributed by atoms with E-state index in [0.717, 1.165) is 16.4 Å². The second-order valence-electron chi connectivity index (χ2n) is 9.13. The minimum atomic E-state index is -0.743. The molecule has 1 heterocycles. The van der Waals surface area contributed by atoms with Crippen molar-refractivity contribution in [3.8, 4) is 5.75 Å². The van der Waals surface area contributed by atoms with Crippen molar-refractivity contribution in [2.75, 3.05) is 13.7 Å². The van der Waals surface area contributed by atoms with Crippen LogP contribution >= 0.6 is 55.1 Å². The van der Waals surface area contributed by atoms with Gasteiger partial charge in [0.1, 0.15) is 12.3 Å². The number of hydrazine groups is 1. The van der Waals surface area contributed by atoms with Crippen molar-refractivity contribution in [3.05, 3.63) is 63.6 Å². The van der Waals surface area contributed by atoms with Crippen molar-refractivity contribution in [2.24, 2.45) is 23.7 Å². The third-order valence-corrected chi connectivity index (χ3v) is 11.0. The van der Waals surface area contributed by atoms with Crippen molar-refractivity contribution in [1.29, 1.82) is 0 Å². The monoisotopic (exact) mass is 656 g/mol. The molecule has 2 aromatic rings. The van der Waals surface area contributed by atoms with Crippen LogP contribution in [0.3, 0.4) is 0 Å². The fourth-order valence-electron chi connectivity index (χ4n) is 5.63. The van der Waals surface area contributed by atoms with E-state index in [0.29, 0.717) is 10.8 Å². The Hall–Kier alpha value is -1.94. The normalized spacial score (nSPS) is 28.4. The Morgan fingerprint density at radius 2 is 1.67 bits per heavy atom. The first-order valence-corrected chi connectivity index (χ1v) is 13.8. The number of rotatable bonds is 6. The van der Waals surface area contributed by atoms with Gasteiger partial charge in [0.2, 0.25) is 0 Å². The van der Waals surface area contributed by atoms with E-state index < -0.39 is 41.9 Å². The molecule has 1 aliphatic heterocycles. The van der Waals surface area contributed by atoms with Gasteiger partial charge in [-0.15, -0.1) is 0 Å². The summed E-state index contributed by atoms with van der Waals surface area (Å²) in [6, 6.07) is 10.7. The topological polar surface area (TPSA) is 84.0 Å². The van der Waals surface area contributed by atoms with Crippen LogP contribution in [0.25, 0.3) is 0 Å². The van der Waals surface area contributed by atoms with Crippen LogP contribution in [0, 0.1) is 23.7 Å². The van der Waals surface area contributed by atoms with Crippen molar-refractivity contribution >= 4 is 78.6 Å². The zero-order valence-electron chi connectivity index (χ0n) is 18.9. The Labute approximate surface area is 234 Å². The van der Waals surface area contributed by atoms with Crippen LogP contribution in [0.15, 0.2) is 42.5 Å². The van der Waals surface area contributed by atoms with E-state index >= 15 is 0 Å². The highest BCUT2D eigenvalue weighted by atomic mass is 79.9. The lowest BCUT2D eigenvalue weighted by Crippen LogP contribution is -2.52. The predicted molar refractivity (Wildman–Crippen MR) is 141 cm³/mol. The molecule has 3 amide bonds. The van der Waals surface area contributed by atoms with Crippen molar-refractivity contribution < 1.29 is 23.9 Å². The number of fused-ring (bicyclic) bond motifs is 5. The zero-order chi connectivity index (χ0) is 25.9. The summed E-state index contributed by atoms with van der Waals surface area (Å²) in [5.74, 6) is -2.89. The number of hydrogen-bond donors (Lipinski definition) is 0. The zero-order valence-corrected chi connectivity index (χ0v) is 23.6. The van der Waals surface area contributed by atoms with Crippen LogP contribution in [0.5, 0.6) is 5.75 Å². The summed E-state index contributed by atoms with van der Waals surface area (Å²) < 4.78 is 5.20. The lowest BCUT2D eigenvalue weighted by molar-refractivity contribution is -0.154. The van der Waals surface area contributed by atoms with Gasteiger partial charge >= 0.3 is 0 Å². The summed E-state index contributed by atoms with van der Waals surface area (Å²) in [6.07, 6.45) is 0.742. The number of alkyl halides is 2. The largest absolute Gasteiger partial charge is 0.497 e. The Balaban J connectivity index is 1.53. The summed E-state index contributed by atoms with van der Waals surface area (Å²) >= 11 is 19.6. The van der Waals surface area contributed by atoms with Crippen LogP contribution in [-0.2, 0) is 9.59 Å². The first-order valence-electron chi connectivity index (χ1n) is 11.2. The van der Waals surface area contributed by atoms with E-state index in [2.05, 4.69) is 31.9 Å². The third kappa shape index (κ3) is 4.08. The Morgan fingerprint density at radius 3 is 2.25 bits per heavy atom. The fraction of sp³-hybridized carbons (Fsp3) is 0.360. The van der Waals surface area contributed by atoms with Gasteiger partial charge in [0.05, 0.1) is 29.5 Å². The molecule has 0 spiro atoms. The van der Waals surface area contributed by atoms with E-state index in [1.165, 1.54) is 31.4 Å². The quantitative estimate of drug-likeness (QED) is 0.247. The molecule has 11 heteroatoms. The van der Waals surface area contributed by atoms with E-state index in [9.17, 15) is 19.2 Å². The Morgan fingerprint density at radius 1 is 1.03 bits per heavy atom. The number of methoxy groups -OCH3 is 1. The number of halogens is 4. The Bertz CT molecular complexity index is 1260. The summed E-state index contributed by atoms with van der Waals surface area (Å²) in [5, 5.41) is 2.16. The number of hydrogen-bond acceptors (Lipinski definition) is 5. The van der Waals surface area contributed by atoms with Crippen molar-refractivity contribution in [1.82, 2.24) is 10.0 Å². The number of imide groups is 1. The maximum Gasteiger partial charge on any atom is 0.274 e. The highest BCUT2D eigenvalue weighted by molar-refractivity contribution is 9.12. The van der Waals surface area contributed by atoms with Gasteiger partial charge in [-0.1, -0.05) is 67.2 Å². The minimum Gasteiger partial charge on any atom is -0.497 e. The molecular formula is C25H20Br2Cl2N2O5. The van der Waals surface area contributed by atoms with Gasteiger partial charge in [-0.2, -0.15) is 5.01 Å². The number of ether oxygens (including phenoxy) is 1. The van der Waals surface area contributed by atoms with Gasteiger partial charge in [-0.3, -0.25) is 19.2 Å². The predicted octanol–water partition coefficient (Wildman–Crippen LogP) is 5.02. The molecule has 1 saturated heterocycles. The maximum atomic E-state index is 13.7. The first-order chi connectivity index (χ1) is 17.1. The van der Waals surface area contributed by atoms with E-state index in [4.69, 9.17) is 27.9 Å². The molecule has 6 atom stereocenters. The lowest BCUT2D eigenvalue weighted by atomic mass is 9.81. The molecule has 2 saturated carbocycles. The summed E-state index contributed by atoms with van der Waals surface area (Å²) in [7, 11) is 1.48. The van der Waals surface area contributed by atoms with Crippen LogP contribution in [0.1, 0.15) is 27.1 Å². The molecule has 5 rings (SSSR count). The second-order valence-corrected chi connectivity index (χ2v) is 12.1. The van der Waals surface area contributed by atoms with E-state index in [1.807, 2.05) is 0 Å². The maximum absolute atomic E-state index is 13.7. The molecule has 2 aliphatic carbocycles. The number of amides is 3. The standard InChI is InChI=1S/C25H20Br2Cl2N2O5/c1-36-13-4-2-3-11(7-13)18(32)10-30(23(33)14-6-5-12(28)8-17(14)29)31-24(34)19-15-9-16(20(19)25(31)35)22(27)21(15)26/h2-8,15-16,19-22H,9-10H2,1H3/t15-,16-,19-,20+,21+,22+/m1/s1. The summed E-state index contributed by atoms with van der Waals surface area (Å²) in [5.41, 5.74) is 0.298. The molecule has 0 aromatic heterocycles. The second kappa shape index (κ2) is 9.74. The van der Waals surface area contributed by atoms with Crippen LogP contribution < -0.4 is 4.74 Å². The molecule has 2 aromatic carbocycles. The summed E-state index contributed by atoms with van der Waals surface area (Å²) in [6.45, 7) is -0.535. The Kier molecular flexibility index (Phi) is 6.95. The molecule has 36 heavy (non-hydrogen) atoms. The average molecular weight is 659 g/mol. The molecule has 0 N–H and O–H groups in total. The number of carbonyl (C=O) groups excluding carboxylic acids is 4. The van der Waals surface area contributed by atoms with E-state index in [-0.39, 0.29) is 37.6 Å². The van der Waals surface area contributed by atoms with Crippen LogP contribution in [0.2, 0.25) is 10.0 Å². The molecule has 3 aliphatic rings. The average Bonchev–Trinajstić information content (AvgIpc) is 3.47. The summed E-state index contributed by atoms with van der Waals surface area (Å²) in [4.78, 5) is 54.4. The smallest absolute Gasteiger partial charge is 0.274 e. The van der Waals surface area contributed by atoms with Gasteiger partial charge in [0.15, 0.2) is 5.78 Å². The lowest BCUT2D eigenvalue weighted by Gasteiger charge is -2.31. The van der Waals surface area contributed by atoms with Gasteiger partial charge in [-0.25, -0.2) is 5.01 Å². The van der Waals surface area contributed by atoms with Gasteiger partial charge in [-0.05, 0) is 48.6 Å². The molecule has 188 valence electrons. The van der Waals surface area contributed by atoms with E-state index in [1.54, 1.807) is 18.2 Å². The van der Waals surface area contributed by atoms with Gasteiger partial charge in [0, 0.05) is 20.2 Å². The highest BCUT2D eigenvalue weighted by Crippen LogP contribution is 2.60. The fourth-order valence-corrected chi connectivity index (χ4v) is 7.99. The SMILES string of the molecule is COc1cccc(C(=O)CN(C(=O)c2ccc(Cl)cc2Cl)N2C(=O)[C@@H]3[C@H]4C[C@@H]([C@H](Br)[C@H]4Br)[C@@H]3C2=O)c1. The van der Waals surface area contributed by atoms with Crippen LogP contribution in [0.4, 0.5) is 0 Å². The number of benzene rings is 2. The molecule has 0 radical (unpaired) electrons. The third-order valence-electron chi connectivity index (χ3n) is 7.29. The van der Waals surface area contributed by atoms with Gasteiger partial charge in [0.25, 0.3) is 17.7 Å². The molecule has 0 unspecified atom stereocenters. The molecule has 3 fully saturated rings. The number of ketones is 1. The number of nitrogens with zero attached hydrogens (tertiary/aromatic N) is 2. The van der Waals surface area contributed by atoms with Crippen molar-refractivity contribution in [2.45, 2.75) is 16.1 Å². The van der Waals surface area contributed by atoms with Crippen molar-refractivity contribution in [3.63, 3.8) is 0 Å². The van der Waals surface area contributed by atoms with Gasteiger partial charge < -0.3 is 4.74 Å². The molecule has 2 bridgehead atoms. The number of Topliss-reactive ketones (excluding diaryl/α,β-unsaturated/α-hetero) is 1. The highest BCUT2D eigenvalue weighted by Gasteiger charge is 2.67.